The van der Waals surface area contributed by atoms with E-state index in [1.807, 2.05) is 65.6 Å². The van der Waals surface area contributed by atoms with Crippen LogP contribution in [0.2, 0.25) is 0 Å². The van der Waals surface area contributed by atoms with Gasteiger partial charge in [-0.25, -0.2) is 4.68 Å². The fraction of sp³-hybridized carbons (Fsp3) is 0.333. The highest BCUT2D eigenvalue weighted by Crippen LogP contribution is 2.32. The number of likely N-dealkylation sites (tertiary alicyclic amines) is 1. The van der Waals surface area contributed by atoms with Crippen molar-refractivity contribution in [3.63, 3.8) is 0 Å². The quantitative estimate of drug-likeness (QED) is 0.647. The van der Waals surface area contributed by atoms with E-state index in [9.17, 15) is 4.79 Å². The van der Waals surface area contributed by atoms with Crippen LogP contribution in [-0.4, -0.2) is 59.8 Å². The van der Waals surface area contributed by atoms with Crippen LogP contribution in [0.4, 0.5) is 0 Å². The summed E-state index contributed by atoms with van der Waals surface area (Å²) in [5, 5.41) is 4.77. The van der Waals surface area contributed by atoms with Gasteiger partial charge in [0.25, 0.3) is 5.91 Å². The predicted molar refractivity (Wildman–Crippen MR) is 115 cm³/mol. The van der Waals surface area contributed by atoms with Crippen molar-refractivity contribution in [3.05, 3.63) is 66.4 Å². The summed E-state index contributed by atoms with van der Waals surface area (Å²) >= 11 is 0. The van der Waals surface area contributed by atoms with Gasteiger partial charge in [0, 0.05) is 31.5 Å². The molecule has 2 aromatic carbocycles. The second-order valence-electron chi connectivity index (χ2n) is 7.79. The molecule has 0 saturated carbocycles. The molecule has 0 N–H and O–H groups in total. The highest BCUT2D eigenvalue weighted by molar-refractivity contribution is 5.94. The molecule has 160 valence electrons. The van der Waals surface area contributed by atoms with Crippen LogP contribution in [0.5, 0.6) is 5.75 Å². The Kier molecular flexibility index (Phi) is 5.21. The van der Waals surface area contributed by atoms with E-state index < -0.39 is 5.79 Å². The number of hydrogen-bond donors (Lipinski definition) is 0. The molecule has 31 heavy (non-hydrogen) atoms. The smallest absolute Gasteiger partial charge is 0.272 e. The van der Waals surface area contributed by atoms with Gasteiger partial charge < -0.3 is 19.1 Å². The molecular weight excluding hydrogens is 394 g/mol. The van der Waals surface area contributed by atoms with Crippen LogP contribution in [0.15, 0.2) is 60.7 Å². The van der Waals surface area contributed by atoms with Gasteiger partial charge in [-0.15, -0.1) is 0 Å². The summed E-state index contributed by atoms with van der Waals surface area (Å²) in [6.45, 7) is 2.44. The lowest BCUT2D eigenvalue weighted by Gasteiger charge is -2.37. The highest BCUT2D eigenvalue weighted by Gasteiger charge is 2.41. The summed E-state index contributed by atoms with van der Waals surface area (Å²) in [7, 11) is 1.64. The maximum atomic E-state index is 13.5. The summed E-state index contributed by atoms with van der Waals surface area (Å²) in [5.74, 6) is 0.232. The Labute approximate surface area is 181 Å². The van der Waals surface area contributed by atoms with Gasteiger partial charge in [-0.2, -0.15) is 5.10 Å². The van der Waals surface area contributed by atoms with E-state index in [1.54, 1.807) is 11.8 Å². The monoisotopic (exact) mass is 419 g/mol. The van der Waals surface area contributed by atoms with Gasteiger partial charge in [0.05, 0.1) is 31.7 Å². The lowest BCUT2D eigenvalue weighted by Crippen LogP contribution is -2.47. The topological polar surface area (TPSA) is 65.8 Å². The number of carbonyl (C=O) groups is 1. The van der Waals surface area contributed by atoms with Crippen molar-refractivity contribution in [2.24, 2.45) is 0 Å². The molecule has 0 radical (unpaired) electrons. The van der Waals surface area contributed by atoms with Crippen LogP contribution in [-0.2, 0) is 9.47 Å². The molecule has 3 heterocycles. The second kappa shape index (κ2) is 8.17. The largest absolute Gasteiger partial charge is 0.497 e. The predicted octanol–water partition coefficient (Wildman–Crippen LogP) is 3.53. The average Bonchev–Trinajstić information content (AvgIpc) is 3.48. The third-order valence-corrected chi connectivity index (χ3v) is 5.94. The number of amides is 1. The molecule has 0 unspecified atom stereocenters. The molecule has 7 nitrogen and oxygen atoms in total. The lowest BCUT2D eigenvalue weighted by molar-refractivity contribution is -0.181. The van der Waals surface area contributed by atoms with E-state index in [0.717, 1.165) is 22.7 Å². The van der Waals surface area contributed by atoms with Crippen molar-refractivity contribution in [2.75, 3.05) is 33.4 Å². The number of nitrogens with zero attached hydrogens (tertiary/aromatic N) is 3. The number of aromatic nitrogens is 2. The number of piperidine rings is 1. The molecule has 0 bridgehead atoms. The van der Waals surface area contributed by atoms with Gasteiger partial charge in [-0.1, -0.05) is 18.2 Å². The Morgan fingerprint density at radius 1 is 1.00 bits per heavy atom. The van der Waals surface area contributed by atoms with Gasteiger partial charge in [0.2, 0.25) is 0 Å². The van der Waals surface area contributed by atoms with Crippen LogP contribution >= 0.6 is 0 Å². The number of carbonyl (C=O) groups excluding carboxylic acids is 1. The fourth-order valence-corrected chi connectivity index (χ4v) is 4.20. The normalized spacial score (nSPS) is 17.8. The molecule has 1 amide bonds. The molecule has 0 atom stereocenters. The Morgan fingerprint density at radius 3 is 2.32 bits per heavy atom. The third kappa shape index (κ3) is 3.82. The molecule has 5 rings (SSSR count). The van der Waals surface area contributed by atoms with Crippen LogP contribution in [0.25, 0.3) is 16.9 Å². The zero-order chi connectivity index (χ0) is 21.3. The molecule has 2 aliphatic heterocycles. The summed E-state index contributed by atoms with van der Waals surface area (Å²) in [4.78, 5) is 15.4. The van der Waals surface area contributed by atoms with E-state index in [2.05, 4.69) is 0 Å². The van der Waals surface area contributed by atoms with Crippen molar-refractivity contribution in [1.82, 2.24) is 14.7 Å². The first-order valence-corrected chi connectivity index (χ1v) is 10.5. The molecule has 2 fully saturated rings. The van der Waals surface area contributed by atoms with Crippen LogP contribution in [0.3, 0.4) is 0 Å². The zero-order valence-corrected chi connectivity index (χ0v) is 17.5. The summed E-state index contributed by atoms with van der Waals surface area (Å²) < 4.78 is 18.6. The molecular formula is C24H25N3O4. The fourth-order valence-electron chi connectivity index (χ4n) is 4.20. The number of para-hydroxylation sites is 1. The minimum Gasteiger partial charge on any atom is -0.497 e. The zero-order valence-electron chi connectivity index (χ0n) is 17.5. The standard InChI is InChI=1S/C24H25N3O4/c1-29-20-9-7-18(8-10-20)21-17-22(27(25-21)19-5-3-2-4-6-19)23(28)26-13-11-24(12-14-26)30-15-16-31-24/h2-10,17H,11-16H2,1H3. The van der Waals surface area contributed by atoms with E-state index in [0.29, 0.717) is 44.8 Å². The molecule has 2 aliphatic rings. The Morgan fingerprint density at radius 2 is 1.68 bits per heavy atom. The van der Waals surface area contributed by atoms with E-state index in [4.69, 9.17) is 19.3 Å². The second-order valence-corrected chi connectivity index (χ2v) is 7.79. The summed E-state index contributed by atoms with van der Waals surface area (Å²) in [5.41, 5.74) is 3.06. The molecule has 1 aromatic heterocycles. The Balaban J connectivity index is 1.46. The van der Waals surface area contributed by atoms with Crippen LogP contribution in [0, 0.1) is 0 Å². The van der Waals surface area contributed by atoms with Crippen molar-refractivity contribution in [3.8, 4) is 22.7 Å². The first-order valence-electron chi connectivity index (χ1n) is 10.5. The molecule has 0 aliphatic carbocycles. The van der Waals surface area contributed by atoms with Gasteiger partial charge in [0.1, 0.15) is 11.4 Å². The number of hydrogen-bond acceptors (Lipinski definition) is 5. The van der Waals surface area contributed by atoms with Gasteiger partial charge in [-0.05, 0) is 42.5 Å². The van der Waals surface area contributed by atoms with Crippen molar-refractivity contribution >= 4 is 5.91 Å². The van der Waals surface area contributed by atoms with Gasteiger partial charge in [-0.3, -0.25) is 4.79 Å². The Hall–Kier alpha value is -3.16. The molecule has 2 saturated heterocycles. The van der Waals surface area contributed by atoms with Crippen LogP contribution < -0.4 is 4.74 Å². The summed E-state index contributed by atoms with van der Waals surface area (Å²) in [6.07, 6.45) is 1.37. The number of benzene rings is 2. The van der Waals surface area contributed by atoms with E-state index >= 15 is 0 Å². The van der Waals surface area contributed by atoms with E-state index in [-0.39, 0.29) is 5.91 Å². The maximum absolute atomic E-state index is 13.5. The third-order valence-electron chi connectivity index (χ3n) is 5.94. The molecule has 7 heteroatoms. The van der Waals surface area contributed by atoms with Crippen LogP contribution in [0.1, 0.15) is 23.3 Å². The maximum Gasteiger partial charge on any atom is 0.272 e. The first-order chi connectivity index (χ1) is 15.2. The van der Waals surface area contributed by atoms with Crippen molar-refractivity contribution < 1.29 is 19.0 Å². The minimum absolute atomic E-state index is 0.0380. The molecule has 3 aromatic rings. The summed E-state index contributed by atoms with van der Waals surface area (Å²) in [6, 6.07) is 19.3. The van der Waals surface area contributed by atoms with Gasteiger partial charge in [0.15, 0.2) is 5.79 Å². The van der Waals surface area contributed by atoms with Gasteiger partial charge >= 0.3 is 0 Å². The number of ether oxygens (including phenoxy) is 3. The number of methoxy groups -OCH3 is 1. The van der Waals surface area contributed by atoms with Crippen molar-refractivity contribution in [1.29, 1.82) is 0 Å². The van der Waals surface area contributed by atoms with Crippen molar-refractivity contribution in [2.45, 2.75) is 18.6 Å². The Bertz CT molecular complexity index is 1050. The average molecular weight is 419 g/mol. The molecule has 1 spiro atoms. The highest BCUT2D eigenvalue weighted by atomic mass is 16.7. The lowest BCUT2D eigenvalue weighted by atomic mass is 10.0. The SMILES string of the molecule is COc1ccc(-c2cc(C(=O)N3CCC4(CC3)OCCO4)n(-c3ccccc3)n2)cc1. The van der Waals surface area contributed by atoms with E-state index in [1.165, 1.54) is 0 Å². The number of rotatable bonds is 4. The first kappa shape index (κ1) is 19.8. The minimum atomic E-state index is -0.509.